The van der Waals surface area contributed by atoms with Crippen LogP contribution < -0.4 is 16.0 Å². The van der Waals surface area contributed by atoms with E-state index in [9.17, 15) is 0 Å². The van der Waals surface area contributed by atoms with E-state index in [2.05, 4.69) is 55.1 Å². The average molecular weight is 251 g/mol. The van der Waals surface area contributed by atoms with Crippen molar-refractivity contribution in [1.82, 2.24) is 16.0 Å². The molecule has 0 amide bonds. The summed E-state index contributed by atoms with van der Waals surface area (Å²) in [5, 5.41) is 10.2. The molecule has 0 heterocycles. The van der Waals surface area contributed by atoms with Gasteiger partial charge in [-0.25, -0.2) is 0 Å². The van der Waals surface area contributed by atoms with Crippen LogP contribution in [0.4, 0.5) is 0 Å². The Morgan fingerprint density at radius 1 is 0.867 bits per heavy atom. The minimum Gasteiger partial charge on any atom is -0.315 e. The zero-order valence-corrected chi connectivity index (χ0v) is 11.6. The molecule has 0 spiro atoms. The van der Waals surface area contributed by atoms with Gasteiger partial charge in [0.25, 0.3) is 0 Å². The molecule has 5 heteroatoms. The lowest BCUT2D eigenvalue weighted by molar-refractivity contribution is 0.461. The molecule has 0 rings (SSSR count). The normalized spacial score (nSPS) is 15.2. The second-order valence-corrected chi connectivity index (χ2v) is 4.26. The number of hydrogen-bond donors (Lipinski definition) is 5. The maximum absolute atomic E-state index is 4.33. The Balaban J connectivity index is 3.66. The average Bonchev–Trinajstić information content (AvgIpc) is 2.27. The van der Waals surface area contributed by atoms with E-state index in [1.165, 1.54) is 0 Å². The van der Waals surface area contributed by atoms with Gasteiger partial charge in [0.15, 0.2) is 0 Å². The molecule has 0 fully saturated rings. The van der Waals surface area contributed by atoms with Crippen LogP contribution >= 0.6 is 25.3 Å². The Bertz CT molecular complexity index is 136. The smallest absolute Gasteiger partial charge is 0.0281 e. The van der Waals surface area contributed by atoms with Gasteiger partial charge in [-0.15, -0.1) is 0 Å². The van der Waals surface area contributed by atoms with Crippen molar-refractivity contribution in [3.63, 3.8) is 0 Å². The minimum absolute atomic E-state index is 0.439. The molecule has 0 saturated carbocycles. The molecule has 3 N–H and O–H groups in total. The number of thiol groups is 2. The van der Waals surface area contributed by atoms with Crippen molar-refractivity contribution in [2.75, 3.05) is 37.7 Å². The molecule has 92 valence electrons. The lowest BCUT2D eigenvalue weighted by Crippen LogP contribution is -2.47. The summed E-state index contributed by atoms with van der Waals surface area (Å²) in [7, 11) is 0. The van der Waals surface area contributed by atoms with Gasteiger partial charge < -0.3 is 16.0 Å². The van der Waals surface area contributed by atoms with Gasteiger partial charge in [-0.2, -0.15) is 25.3 Å². The van der Waals surface area contributed by atoms with Crippen LogP contribution in [0.15, 0.2) is 0 Å². The molecular weight excluding hydrogens is 226 g/mol. The zero-order valence-electron chi connectivity index (χ0n) is 9.79. The van der Waals surface area contributed by atoms with Crippen LogP contribution in [0.5, 0.6) is 0 Å². The van der Waals surface area contributed by atoms with Crippen LogP contribution in [-0.2, 0) is 0 Å². The first-order valence-corrected chi connectivity index (χ1v) is 6.94. The van der Waals surface area contributed by atoms with Crippen LogP contribution in [0.3, 0.4) is 0 Å². The summed E-state index contributed by atoms with van der Waals surface area (Å²) in [6, 6.07) is 0.886. The number of nitrogens with one attached hydrogen (secondary N) is 3. The largest absolute Gasteiger partial charge is 0.315 e. The number of likely N-dealkylation sites (N-methyl/N-ethyl adjacent to an activating group) is 2. The molecule has 0 aromatic carbocycles. The van der Waals surface area contributed by atoms with E-state index >= 15 is 0 Å². The van der Waals surface area contributed by atoms with Crippen molar-refractivity contribution >= 4 is 25.3 Å². The quantitative estimate of drug-likeness (QED) is 0.365. The Morgan fingerprint density at radius 3 is 1.93 bits per heavy atom. The highest BCUT2D eigenvalue weighted by Gasteiger charge is 2.09. The Morgan fingerprint density at radius 2 is 1.47 bits per heavy atom. The van der Waals surface area contributed by atoms with Crippen molar-refractivity contribution in [2.24, 2.45) is 0 Å². The van der Waals surface area contributed by atoms with Crippen molar-refractivity contribution in [3.8, 4) is 0 Å². The van der Waals surface area contributed by atoms with E-state index < -0.39 is 0 Å². The van der Waals surface area contributed by atoms with Crippen LogP contribution in [0.1, 0.15) is 13.8 Å². The molecular formula is C10H25N3S2. The molecule has 3 nitrogen and oxygen atoms in total. The topological polar surface area (TPSA) is 36.1 Å². The molecule has 0 aromatic heterocycles. The third-order valence-electron chi connectivity index (χ3n) is 2.23. The van der Waals surface area contributed by atoms with Crippen LogP contribution in [0.25, 0.3) is 0 Å². The third kappa shape index (κ3) is 8.39. The predicted molar refractivity (Wildman–Crippen MR) is 75.5 cm³/mol. The summed E-state index contributed by atoms with van der Waals surface area (Å²) >= 11 is 8.65. The summed E-state index contributed by atoms with van der Waals surface area (Å²) in [4.78, 5) is 0. The van der Waals surface area contributed by atoms with Crippen LogP contribution in [0, 0.1) is 0 Å². The number of hydrogen-bond acceptors (Lipinski definition) is 5. The Kier molecular flexibility index (Phi) is 11.5. The fraction of sp³-hybridized carbons (Fsp3) is 1.00. The van der Waals surface area contributed by atoms with Crippen molar-refractivity contribution in [2.45, 2.75) is 25.9 Å². The van der Waals surface area contributed by atoms with E-state index in [4.69, 9.17) is 0 Å². The molecule has 2 atom stereocenters. The summed E-state index contributed by atoms with van der Waals surface area (Å²) in [6.45, 7) is 8.16. The maximum atomic E-state index is 4.33. The molecule has 0 aliphatic heterocycles. The highest BCUT2D eigenvalue weighted by atomic mass is 32.1. The molecule has 0 saturated heterocycles. The third-order valence-corrected chi connectivity index (χ3v) is 3.11. The molecule has 0 aromatic rings. The summed E-state index contributed by atoms with van der Waals surface area (Å²) in [5.41, 5.74) is 0. The lowest BCUT2D eigenvalue weighted by atomic mass is 10.2. The predicted octanol–water partition coefficient (Wildman–Crippen LogP) is 0.392. The second kappa shape index (κ2) is 11.1. The molecule has 0 bridgehead atoms. The van der Waals surface area contributed by atoms with Crippen LogP contribution in [0.2, 0.25) is 0 Å². The van der Waals surface area contributed by atoms with Gasteiger partial charge >= 0.3 is 0 Å². The highest BCUT2D eigenvalue weighted by molar-refractivity contribution is 7.80. The second-order valence-electron chi connectivity index (χ2n) is 3.53. The Labute approximate surface area is 105 Å². The first kappa shape index (κ1) is 15.6. The maximum Gasteiger partial charge on any atom is 0.0281 e. The number of rotatable bonds is 10. The van der Waals surface area contributed by atoms with Crippen LogP contribution in [-0.4, -0.2) is 49.8 Å². The van der Waals surface area contributed by atoms with E-state index in [-0.39, 0.29) is 0 Å². The van der Waals surface area contributed by atoms with Crippen molar-refractivity contribution < 1.29 is 0 Å². The first-order chi connectivity index (χ1) is 7.28. The van der Waals surface area contributed by atoms with Gasteiger partial charge in [-0.1, -0.05) is 13.8 Å². The monoisotopic (exact) mass is 251 g/mol. The zero-order chi connectivity index (χ0) is 11.5. The molecule has 0 aliphatic carbocycles. The van der Waals surface area contributed by atoms with E-state index in [1.54, 1.807) is 0 Å². The van der Waals surface area contributed by atoms with Gasteiger partial charge in [0.05, 0.1) is 0 Å². The van der Waals surface area contributed by atoms with Gasteiger partial charge in [0.2, 0.25) is 0 Å². The van der Waals surface area contributed by atoms with Gasteiger partial charge in [0.1, 0.15) is 0 Å². The fourth-order valence-electron chi connectivity index (χ4n) is 1.32. The Hall–Kier alpha value is 0.580. The van der Waals surface area contributed by atoms with Gasteiger partial charge in [-0.3, -0.25) is 0 Å². The SMILES string of the molecule is CCNC[C@H](CS)NCC(CS)NCC. The highest BCUT2D eigenvalue weighted by Crippen LogP contribution is 1.90. The van der Waals surface area contributed by atoms with E-state index in [0.717, 1.165) is 37.7 Å². The first-order valence-electron chi connectivity index (χ1n) is 5.67. The van der Waals surface area contributed by atoms with Crippen molar-refractivity contribution in [1.29, 1.82) is 0 Å². The van der Waals surface area contributed by atoms with E-state index in [1.807, 2.05) is 0 Å². The molecule has 0 radical (unpaired) electrons. The van der Waals surface area contributed by atoms with Gasteiger partial charge in [-0.05, 0) is 13.1 Å². The lowest BCUT2D eigenvalue weighted by Gasteiger charge is -2.21. The summed E-state index contributed by atoms with van der Waals surface area (Å²) in [5.74, 6) is 1.72. The standard InChI is InChI=1S/C10H25N3S2/c1-3-11-5-9(7-14)13-6-10(8-15)12-4-2/h9-15H,3-8H2,1-2H3/t9-,10?/m1/s1. The summed E-state index contributed by atoms with van der Waals surface area (Å²) in [6.07, 6.45) is 0. The van der Waals surface area contributed by atoms with Gasteiger partial charge in [0, 0.05) is 36.7 Å². The fourth-order valence-corrected chi connectivity index (χ4v) is 1.84. The molecule has 0 aliphatic rings. The minimum atomic E-state index is 0.439. The van der Waals surface area contributed by atoms with E-state index in [0.29, 0.717) is 12.1 Å². The van der Waals surface area contributed by atoms with Crippen molar-refractivity contribution in [3.05, 3.63) is 0 Å². The molecule has 1 unspecified atom stereocenters. The summed E-state index contributed by atoms with van der Waals surface area (Å²) < 4.78 is 0. The molecule has 15 heavy (non-hydrogen) atoms.